The van der Waals surface area contributed by atoms with Gasteiger partial charge in [-0.2, -0.15) is 0 Å². The maximum absolute atomic E-state index is 12.4. The van der Waals surface area contributed by atoms with Crippen molar-refractivity contribution in [2.75, 3.05) is 7.05 Å². The normalized spacial score (nSPS) is 17.4. The second-order valence-corrected chi connectivity index (χ2v) is 5.60. The second kappa shape index (κ2) is 5.20. The number of carbonyl (C=O) groups excluding carboxylic acids is 1. The summed E-state index contributed by atoms with van der Waals surface area (Å²) in [7, 11) is 1.63. The highest BCUT2D eigenvalue weighted by Crippen LogP contribution is 2.39. The molecule has 2 N–H and O–H groups in total. The van der Waals surface area contributed by atoms with Gasteiger partial charge in [0.25, 0.3) is 5.69 Å². The molecule has 0 aromatic heterocycles. The number of nitro groups is 1. The van der Waals surface area contributed by atoms with Crippen LogP contribution in [0.2, 0.25) is 0 Å². The summed E-state index contributed by atoms with van der Waals surface area (Å²) < 4.78 is 0. The first-order valence-corrected chi connectivity index (χ1v) is 6.60. The number of nitrogens with two attached hydrogens (primary N) is 1. The molecular weight excluding hydrogens is 258 g/mol. The minimum absolute atomic E-state index is 0.0253. The molecule has 1 aromatic rings. The molecule has 1 saturated carbocycles. The lowest BCUT2D eigenvalue weighted by molar-refractivity contribution is -0.385. The summed E-state index contributed by atoms with van der Waals surface area (Å²) >= 11 is 0. The van der Waals surface area contributed by atoms with Gasteiger partial charge in [-0.3, -0.25) is 14.9 Å². The molecule has 0 spiro atoms. The lowest BCUT2D eigenvalue weighted by Crippen LogP contribution is -2.53. The van der Waals surface area contributed by atoms with E-state index in [9.17, 15) is 14.9 Å². The van der Waals surface area contributed by atoms with E-state index >= 15 is 0 Å². The van der Waals surface area contributed by atoms with Gasteiger partial charge in [-0.05, 0) is 25.7 Å². The Morgan fingerprint density at radius 3 is 2.65 bits per heavy atom. The number of benzene rings is 1. The van der Waals surface area contributed by atoms with Gasteiger partial charge in [-0.1, -0.05) is 18.2 Å². The Balaban J connectivity index is 2.13. The smallest absolute Gasteiger partial charge is 0.274 e. The molecule has 6 heteroatoms. The number of hydrogen-bond donors (Lipinski definition) is 1. The Hall–Kier alpha value is -1.95. The highest BCUT2D eigenvalue weighted by atomic mass is 16.6. The number of rotatable bonds is 5. The lowest BCUT2D eigenvalue weighted by Gasteiger charge is -2.29. The fourth-order valence-electron chi connectivity index (χ4n) is 2.42. The second-order valence-electron chi connectivity index (χ2n) is 5.60. The van der Waals surface area contributed by atoms with Gasteiger partial charge < -0.3 is 10.6 Å². The van der Waals surface area contributed by atoms with E-state index in [1.807, 2.05) is 0 Å². The van der Waals surface area contributed by atoms with Crippen LogP contribution in [-0.2, 0) is 11.3 Å². The van der Waals surface area contributed by atoms with Crippen LogP contribution in [-0.4, -0.2) is 28.3 Å². The van der Waals surface area contributed by atoms with Gasteiger partial charge in [0.1, 0.15) is 0 Å². The molecule has 2 rings (SSSR count). The number of likely N-dealkylation sites (N-methyl/N-ethyl adjacent to an activating group) is 1. The van der Waals surface area contributed by atoms with Crippen molar-refractivity contribution in [3.8, 4) is 0 Å². The molecule has 20 heavy (non-hydrogen) atoms. The minimum Gasteiger partial charge on any atom is -0.340 e. The van der Waals surface area contributed by atoms with E-state index in [1.165, 1.54) is 11.0 Å². The third-order valence-electron chi connectivity index (χ3n) is 3.83. The van der Waals surface area contributed by atoms with Crippen molar-refractivity contribution in [1.29, 1.82) is 0 Å². The Kier molecular flexibility index (Phi) is 3.76. The SMILES string of the molecule is CN(Cc1ccccc1[N+](=O)[O-])C(=O)C(C)(N)C1CC1. The van der Waals surface area contributed by atoms with Crippen LogP contribution in [0.25, 0.3) is 0 Å². The van der Waals surface area contributed by atoms with E-state index in [2.05, 4.69) is 0 Å². The van der Waals surface area contributed by atoms with Gasteiger partial charge in [0.2, 0.25) is 5.91 Å². The maximum Gasteiger partial charge on any atom is 0.274 e. The average molecular weight is 277 g/mol. The molecule has 1 aliphatic carbocycles. The summed E-state index contributed by atoms with van der Waals surface area (Å²) in [6, 6.07) is 6.44. The molecule has 1 unspecified atom stereocenters. The molecule has 1 amide bonds. The molecule has 108 valence electrons. The van der Waals surface area contributed by atoms with E-state index < -0.39 is 10.5 Å². The summed E-state index contributed by atoms with van der Waals surface area (Å²) in [5, 5.41) is 11.0. The van der Waals surface area contributed by atoms with Crippen molar-refractivity contribution in [1.82, 2.24) is 4.90 Å². The predicted molar refractivity (Wildman–Crippen MR) is 74.9 cm³/mol. The van der Waals surface area contributed by atoms with E-state index in [4.69, 9.17) is 5.73 Å². The zero-order chi connectivity index (χ0) is 14.9. The number of amides is 1. The molecule has 1 fully saturated rings. The first-order chi connectivity index (χ1) is 9.34. The van der Waals surface area contributed by atoms with Crippen molar-refractivity contribution in [2.45, 2.75) is 31.8 Å². The van der Waals surface area contributed by atoms with Gasteiger partial charge in [-0.25, -0.2) is 0 Å². The zero-order valence-corrected chi connectivity index (χ0v) is 11.7. The Morgan fingerprint density at radius 1 is 1.50 bits per heavy atom. The number of carbonyl (C=O) groups is 1. The number of hydrogen-bond acceptors (Lipinski definition) is 4. The van der Waals surface area contributed by atoms with Crippen LogP contribution in [0.15, 0.2) is 24.3 Å². The third kappa shape index (κ3) is 2.80. The Bertz CT molecular complexity index is 538. The number of para-hydroxylation sites is 1. The van der Waals surface area contributed by atoms with Crippen molar-refractivity contribution in [3.63, 3.8) is 0 Å². The van der Waals surface area contributed by atoms with Crippen molar-refractivity contribution < 1.29 is 9.72 Å². The van der Waals surface area contributed by atoms with Crippen LogP contribution in [0.3, 0.4) is 0 Å². The van der Waals surface area contributed by atoms with Crippen molar-refractivity contribution in [3.05, 3.63) is 39.9 Å². The first kappa shape index (κ1) is 14.5. The average Bonchev–Trinajstić information content (AvgIpc) is 3.22. The van der Waals surface area contributed by atoms with Gasteiger partial charge >= 0.3 is 0 Å². The summed E-state index contributed by atoms with van der Waals surface area (Å²) in [4.78, 5) is 24.4. The molecular formula is C14H19N3O3. The van der Waals surface area contributed by atoms with Crippen LogP contribution in [0.1, 0.15) is 25.3 Å². The molecule has 6 nitrogen and oxygen atoms in total. The molecule has 0 radical (unpaired) electrons. The quantitative estimate of drug-likeness (QED) is 0.655. The lowest BCUT2D eigenvalue weighted by atomic mass is 9.95. The Labute approximate surface area is 117 Å². The zero-order valence-electron chi connectivity index (χ0n) is 11.7. The van der Waals surface area contributed by atoms with E-state index in [1.54, 1.807) is 32.2 Å². The van der Waals surface area contributed by atoms with Crippen LogP contribution < -0.4 is 5.73 Å². The van der Waals surface area contributed by atoms with Crippen LogP contribution in [0.5, 0.6) is 0 Å². The standard InChI is InChI=1S/C14H19N3O3/c1-14(15,11-7-8-11)13(18)16(2)9-10-5-3-4-6-12(10)17(19)20/h3-6,11H,7-9,15H2,1-2H3. The van der Waals surface area contributed by atoms with Gasteiger partial charge in [-0.15, -0.1) is 0 Å². The fourth-order valence-corrected chi connectivity index (χ4v) is 2.42. The molecule has 1 aliphatic rings. The van der Waals surface area contributed by atoms with E-state index in [-0.39, 0.29) is 24.1 Å². The minimum atomic E-state index is -0.877. The highest BCUT2D eigenvalue weighted by Gasteiger charge is 2.45. The van der Waals surface area contributed by atoms with Crippen LogP contribution in [0.4, 0.5) is 5.69 Å². The summed E-state index contributed by atoms with van der Waals surface area (Å²) in [6.07, 6.45) is 1.94. The van der Waals surface area contributed by atoms with Crippen molar-refractivity contribution >= 4 is 11.6 Å². The highest BCUT2D eigenvalue weighted by molar-refractivity contribution is 5.86. The molecule has 0 aliphatic heterocycles. The largest absolute Gasteiger partial charge is 0.340 e. The molecule has 0 saturated heterocycles. The Morgan fingerprint density at radius 2 is 2.10 bits per heavy atom. The summed E-state index contributed by atoms with van der Waals surface area (Å²) in [5.74, 6) is 0.0568. The van der Waals surface area contributed by atoms with Gasteiger partial charge in [0.05, 0.1) is 17.0 Å². The summed E-state index contributed by atoms with van der Waals surface area (Å²) in [5.41, 5.74) is 5.76. The van der Waals surface area contributed by atoms with E-state index in [0.29, 0.717) is 5.56 Å². The predicted octanol–water partition coefficient (Wildman–Crippen LogP) is 1.68. The molecule has 1 atom stereocenters. The maximum atomic E-state index is 12.4. The van der Waals surface area contributed by atoms with Crippen molar-refractivity contribution in [2.24, 2.45) is 11.7 Å². The van der Waals surface area contributed by atoms with Crippen LogP contribution in [0, 0.1) is 16.0 Å². The van der Waals surface area contributed by atoms with E-state index in [0.717, 1.165) is 12.8 Å². The molecule has 1 aromatic carbocycles. The number of nitro benzene ring substituents is 1. The number of nitrogens with zero attached hydrogens (tertiary/aromatic N) is 2. The monoisotopic (exact) mass is 277 g/mol. The summed E-state index contributed by atoms with van der Waals surface area (Å²) in [6.45, 7) is 1.93. The molecule has 0 bridgehead atoms. The first-order valence-electron chi connectivity index (χ1n) is 6.60. The van der Waals surface area contributed by atoms with Crippen LogP contribution >= 0.6 is 0 Å². The molecule has 0 heterocycles. The topological polar surface area (TPSA) is 89.5 Å². The third-order valence-corrected chi connectivity index (χ3v) is 3.83. The fraction of sp³-hybridized carbons (Fsp3) is 0.500. The van der Waals surface area contributed by atoms with Gasteiger partial charge in [0.15, 0.2) is 0 Å². The van der Waals surface area contributed by atoms with Gasteiger partial charge in [0, 0.05) is 18.7 Å².